The highest BCUT2D eigenvalue weighted by molar-refractivity contribution is 5.94. The molecule has 1 aromatic rings. The van der Waals surface area contributed by atoms with E-state index >= 15 is 0 Å². The van der Waals surface area contributed by atoms with Crippen LogP contribution in [0.5, 0.6) is 0 Å². The second-order valence-electron chi connectivity index (χ2n) is 7.84. The molecule has 2 aliphatic rings. The third-order valence-electron chi connectivity index (χ3n) is 5.83. The van der Waals surface area contributed by atoms with Crippen LogP contribution in [0.2, 0.25) is 0 Å². The van der Waals surface area contributed by atoms with Gasteiger partial charge in [-0.15, -0.1) is 0 Å². The van der Waals surface area contributed by atoms with Crippen molar-refractivity contribution in [3.63, 3.8) is 0 Å². The Morgan fingerprint density at radius 3 is 2.81 bits per heavy atom. The molecule has 0 aliphatic carbocycles. The van der Waals surface area contributed by atoms with E-state index < -0.39 is 0 Å². The molecule has 0 radical (unpaired) electrons. The SMILES string of the molecule is CCCCN1C[C@@]2(CCCN(C(=O)c3cccn(C)c3=O)C2)CCC1=O. The van der Waals surface area contributed by atoms with Crippen LogP contribution in [-0.4, -0.2) is 52.4 Å². The van der Waals surface area contributed by atoms with Crippen LogP contribution in [0.3, 0.4) is 0 Å². The van der Waals surface area contributed by atoms with Gasteiger partial charge in [-0.05, 0) is 37.8 Å². The van der Waals surface area contributed by atoms with Gasteiger partial charge >= 0.3 is 0 Å². The first-order valence-corrected chi connectivity index (χ1v) is 9.68. The highest BCUT2D eigenvalue weighted by Gasteiger charge is 2.42. The van der Waals surface area contributed by atoms with Gasteiger partial charge in [0.15, 0.2) is 0 Å². The lowest BCUT2D eigenvalue weighted by atomic mass is 9.73. The number of aryl methyl sites for hydroxylation is 1. The number of carbonyl (C=O) groups excluding carboxylic acids is 2. The Morgan fingerprint density at radius 1 is 1.23 bits per heavy atom. The molecule has 142 valence electrons. The molecule has 0 saturated carbocycles. The zero-order valence-electron chi connectivity index (χ0n) is 15.9. The standard InChI is InChI=1S/C20H29N3O3/c1-3-4-12-22-14-20(10-8-17(22)24)9-6-13-23(15-20)19(26)16-7-5-11-21(2)18(16)25/h5,7,11H,3-4,6,8-10,12-15H2,1-2H3/t20-/m1/s1. The lowest BCUT2D eigenvalue weighted by molar-refractivity contribution is -0.139. The Hall–Kier alpha value is -2.11. The van der Waals surface area contributed by atoms with Gasteiger partial charge in [0.25, 0.3) is 11.5 Å². The first-order valence-electron chi connectivity index (χ1n) is 9.68. The first-order chi connectivity index (χ1) is 12.5. The van der Waals surface area contributed by atoms with Gasteiger partial charge in [-0.1, -0.05) is 13.3 Å². The lowest BCUT2D eigenvalue weighted by Crippen LogP contribution is -2.55. The number of unbranched alkanes of at least 4 members (excludes halogenated alkanes) is 1. The summed E-state index contributed by atoms with van der Waals surface area (Å²) in [5, 5.41) is 0. The van der Waals surface area contributed by atoms with Crippen LogP contribution in [-0.2, 0) is 11.8 Å². The van der Waals surface area contributed by atoms with Crippen LogP contribution in [0.15, 0.2) is 23.1 Å². The topological polar surface area (TPSA) is 62.6 Å². The first kappa shape index (κ1) is 18.7. The molecule has 0 aromatic carbocycles. The summed E-state index contributed by atoms with van der Waals surface area (Å²) in [6.45, 7) is 5.00. The van der Waals surface area contributed by atoms with E-state index in [-0.39, 0.29) is 28.4 Å². The number of amides is 2. The predicted molar refractivity (Wildman–Crippen MR) is 100.0 cm³/mol. The van der Waals surface area contributed by atoms with Crippen molar-refractivity contribution in [2.75, 3.05) is 26.2 Å². The van der Waals surface area contributed by atoms with E-state index in [0.717, 1.165) is 45.2 Å². The molecular weight excluding hydrogens is 330 g/mol. The maximum absolute atomic E-state index is 12.9. The predicted octanol–water partition coefficient (Wildman–Crippen LogP) is 2.03. The van der Waals surface area contributed by atoms with Gasteiger partial charge in [0.05, 0.1) is 0 Å². The fourth-order valence-corrected chi connectivity index (χ4v) is 4.30. The van der Waals surface area contributed by atoms with Gasteiger partial charge < -0.3 is 14.4 Å². The van der Waals surface area contributed by atoms with E-state index in [9.17, 15) is 14.4 Å². The van der Waals surface area contributed by atoms with Gasteiger partial charge in [0.1, 0.15) is 5.56 Å². The molecule has 1 aromatic heterocycles. The molecule has 6 nitrogen and oxygen atoms in total. The summed E-state index contributed by atoms with van der Waals surface area (Å²) in [5.74, 6) is 0.0618. The van der Waals surface area contributed by atoms with Gasteiger partial charge in [0, 0.05) is 51.3 Å². The Balaban J connectivity index is 1.76. The normalized spacial score (nSPS) is 23.5. The Labute approximate surface area is 154 Å². The second-order valence-corrected chi connectivity index (χ2v) is 7.84. The zero-order valence-corrected chi connectivity index (χ0v) is 15.9. The molecular formula is C20H29N3O3. The zero-order chi connectivity index (χ0) is 18.7. The molecule has 2 amide bonds. The van der Waals surface area contributed by atoms with E-state index in [0.29, 0.717) is 19.5 Å². The fraction of sp³-hybridized carbons (Fsp3) is 0.650. The molecule has 26 heavy (non-hydrogen) atoms. The maximum Gasteiger partial charge on any atom is 0.263 e. The Kier molecular flexibility index (Phi) is 5.49. The number of hydrogen-bond donors (Lipinski definition) is 0. The number of nitrogens with zero attached hydrogens (tertiary/aromatic N) is 3. The quantitative estimate of drug-likeness (QED) is 0.826. The molecule has 6 heteroatoms. The van der Waals surface area contributed by atoms with E-state index in [1.54, 1.807) is 25.4 Å². The van der Waals surface area contributed by atoms with Gasteiger partial charge in [0.2, 0.25) is 5.91 Å². The Morgan fingerprint density at radius 2 is 2.04 bits per heavy atom. The smallest absolute Gasteiger partial charge is 0.263 e. The lowest BCUT2D eigenvalue weighted by Gasteiger charge is -2.48. The molecule has 2 fully saturated rings. The van der Waals surface area contributed by atoms with Crippen LogP contribution in [0.1, 0.15) is 55.8 Å². The highest BCUT2D eigenvalue weighted by atomic mass is 16.2. The van der Waals surface area contributed by atoms with E-state index in [4.69, 9.17) is 0 Å². The van der Waals surface area contributed by atoms with Crippen LogP contribution in [0.25, 0.3) is 0 Å². The summed E-state index contributed by atoms with van der Waals surface area (Å²) in [4.78, 5) is 41.3. The van der Waals surface area contributed by atoms with E-state index in [2.05, 4.69) is 6.92 Å². The fourth-order valence-electron chi connectivity index (χ4n) is 4.30. The van der Waals surface area contributed by atoms with Crippen molar-refractivity contribution >= 4 is 11.8 Å². The van der Waals surface area contributed by atoms with Crippen molar-refractivity contribution in [1.82, 2.24) is 14.4 Å². The van der Waals surface area contributed by atoms with E-state index in [1.807, 2.05) is 9.80 Å². The van der Waals surface area contributed by atoms with Crippen molar-refractivity contribution in [2.45, 2.75) is 45.4 Å². The van der Waals surface area contributed by atoms with Crippen molar-refractivity contribution in [3.8, 4) is 0 Å². The molecule has 3 heterocycles. The number of likely N-dealkylation sites (tertiary alicyclic amines) is 2. The van der Waals surface area contributed by atoms with Crippen LogP contribution >= 0.6 is 0 Å². The molecule has 1 atom stereocenters. The number of carbonyl (C=O) groups is 2. The average Bonchev–Trinajstić information content (AvgIpc) is 2.64. The molecule has 2 saturated heterocycles. The maximum atomic E-state index is 12.9. The minimum atomic E-state index is -0.250. The third kappa shape index (κ3) is 3.69. The van der Waals surface area contributed by atoms with Crippen molar-refractivity contribution in [1.29, 1.82) is 0 Å². The van der Waals surface area contributed by atoms with Gasteiger partial charge in [-0.3, -0.25) is 14.4 Å². The Bertz CT molecular complexity index is 742. The highest BCUT2D eigenvalue weighted by Crippen LogP contribution is 2.39. The molecule has 2 aliphatic heterocycles. The molecule has 0 bridgehead atoms. The average molecular weight is 359 g/mol. The van der Waals surface area contributed by atoms with Gasteiger partial charge in [-0.25, -0.2) is 0 Å². The number of piperidine rings is 2. The van der Waals surface area contributed by atoms with Gasteiger partial charge in [-0.2, -0.15) is 0 Å². The number of aromatic nitrogens is 1. The number of rotatable bonds is 4. The third-order valence-corrected chi connectivity index (χ3v) is 5.83. The second kappa shape index (κ2) is 7.64. The summed E-state index contributed by atoms with van der Waals surface area (Å²) >= 11 is 0. The molecule has 1 spiro atoms. The summed E-state index contributed by atoms with van der Waals surface area (Å²) < 4.78 is 1.44. The minimum Gasteiger partial charge on any atom is -0.342 e. The summed E-state index contributed by atoms with van der Waals surface area (Å²) in [6.07, 6.45) is 7.12. The van der Waals surface area contributed by atoms with Crippen molar-refractivity contribution < 1.29 is 9.59 Å². The molecule has 0 N–H and O–H groups in total. The summed E-state index contributed by atoms with van der Waals surface area (Å²) in [6, 6.07) is 3.35. The van der Waals surface area contributed by atoms with Crippen LogP contribution in [0.4, 0.5) is 0 Å². The largest absolute Gasteiger partial charge is 0.342 e. The molecule has 3 rings (SSSR count). The summed E-state index contributed by atoms with van der Waals surface area (Å²) in [7, 11) is 1.66. The monoisotopic (exact) mass is 359 g/mol. The summed E-state index contributed by atoms with van der Waals surface area (Å²) in [5.41, 5.74) is -0.0300. The molecule has 0 unspecified atom stereocenters. The number of hydrogen-bond acceptors (Lipinski definition) is 3. The minimum absolute atomic E-state index is 0.0183. The number of pyridine rings is 1. The van der Waals surface area contributed by atoms with Crippen LogP contribution < -0.4 is 5.56 Å². The van der Waals surface area contributed by atoms with Crippen molar-refractivity contribution in [3.05, 3.63) is 34.2 Å². The van der Waals surface area contributed by atoms with E-state index in [1.165, 1.54) is 4.57 Å². The van der Waals surface area contributed by atoms with Crippen molar-refractivity contribution in [2.24, 2.45) is 12.5 Å². The van der Waals surface area contributed by atoms with Crippen LogP contribution in [0, 0.1) is 5.41 Å².